The van der Waals surface area contributed by atoms with Crippen LogP contribution in [0.25, 0.3) is 0 Å². The van der Waals surface area contributed by atoms with Crippen molar-refractivity contribution >= 4 is 17.6 Å². The fraction of sp³-hybridized carbons (Fsp3) is 0.375. The molecule has 2 aliphatic heterocycles. The maximum Gasteiger partial charge on any atom is 0.279 e. The Morgan fingerprint density at radius 1 is 1.34 bits per heavy atom. The van der Waals surface area contributed by atoms with Crippen LogP contribution in [0.3, 0.4) is 0 Å². The highest BCUT2D eigenvalue weighted by Gasteiger charge is 2.32. The lowest BCUT2D eigenvalue weighted by molar-refractivity contribution is -0.125. The first-order valence-electron chi connectivity index (χ1n) is 10.5. The summed E-state index contributed by atoms with van der Waals surface area (Å²) in [4.78, 5) is 19.7. The van der Waals surface area contributed by atoms with Crippen LogP contribution in [-0.2, 0) is 14.4 Å². The molecule has 1 fully saturated rings. The third kappa shape index (κ3) is 5.08. The van der Waals surface area contributed by atoms with Gasteiger partial charge < -0.3 is 15.3 Å². The van der Waals surface area contributed by atoms with Crippen molar-refractivity contribution in [2.45, 2.75) is 40.2 Å². The van der Waals surface area contributed by atoms with Crippen molar-refractivity contribution in [2.24, 2.45) is 21.9 Å². The number of carbonyl (C=O) groups excluding carboxylic acids is 1. The molecule has 8 heteroatoms. The third-order valence-corrected chi connectivity index (χ3v) is 5.50. The third-order valence-electron chi connectivity index (χ3n) is 5.50. The first-order chi connectivity index (χ1) is 15.2. The zero-order valence-corrected chi connectivity index (χ0v) is 19.2. The Morgan fingerprint density at radius 2 is 2.03 bits per heavy atom. The molecule has 0 bridgehead atoms. The molecule has 1 saturated heterocycles. The Hall–Kier alpha value is -3.39. The minimum atomic E-state index is -0.298. The lowest BCUT2D eigenvalue weighted by atomic mass is 9.97. The molecule has 1 unspecified atom stereocenters. The van der Waals surface area contributed by atoms with E-state index in [1.165, 1.54) is 27.2 Å². The zero-order valence-electron chi connectivity index (χ0n) is 19.2. The van der Waals surface area contributed by atoms with Gasteiger partial charge >= 0.3 is 0 Å². The molecule has 1 aromatic rings. The molecule has 2 atom stereocenters. The van der Waals surface area contributed by atoms with Crippen LogP contribution >= 0.6 is 0 Å². The SMILES string of the molecule is C=CN1N=C(N)N(CC(=C)O/N=C(\C)C2CO[C@@H](c3ccc(C)cc3)C2)C(=O)C1=C(C)C. The van der Waals surface area contributed by atoms with Crippen molar-refractivity contribution in [1.29, 1.82) is 0 Å². The van der Waals surface area contributed by atoms with E-state index >= 15 is 0 Å². The zero-order chi connectivity index (χ0) is 23.4. The Morgan fingerprint density at radius 3 is 2.66 bits per heavy atom. The Labute approximate surface area is 189 Å². The number of aryl methyl sites for hydroxylation is 1. The largest absolute Gasteiger partial charge is 0.373 e. The lowest BCUT2D eigenvalue weighted by Crippen LogP contribution is -2.50. The van der Waals surface area contributed by atoms with E-state index < -0.39 is 0 Å². The van der Waals surface area contributed by atoms with E-state index in [0.29, 0.717) is 12.3 Å². The first kappa shape index (κ1) is 23.3. The summed E-state index contributed by atoms with van der Waals surface area (Å²) in [5, 5.41) is 9.80. The molecule has 1 aromatic carbocycles. The molecule has 1 amide bonds. The van der Waals surface area contributed by atoms with Gasteiger partial charge in [0.1, 0.15) is 11.5 Å². The molecule has 0 aromatic heterocycles. The maximum absolute atomic E-state index is 12.9. The minimum absolute atomic E-state index is 0.0375. The van der Waals surface area contributed by atoms with Crippen LogP contribution in [-0.4, -0.2) is 40.6 Å². The van der Waals surface area contributed by atoms with E-state index in [1.54, 1.807) is 0 Å². The summed E-state index contributed by atoms with van der Waals surface area (Å²) < 4.78 is 5.96. The monoisotopic (exact) mass is 437 g/mol. The number of rotatable bonds is 7. The molecule has 0 radical (unpaired) electrons. The van der Waals surface area contributed by atoms with Crippen LogP contribution in [0.4, 0.5) is 0 Å². The predicted molar refractivity (Wildman–Crippen MR) is 125 cm³/mol. The van der Waals surface area contributed by atoms with Crippen molar-refractivity contribution in [3.05, 3.63) is 71.8 Å². The van der Waals surface area contributed by atoms with Crippen LogP contribution in [0.2, 0.25) is 0 Å². The van der Waals surface area contributed by atoms with Gasteiger partial charge in [0, 0.05) is 12.1 Å². The second kappa shape index (κ2) is 9.82. The highest BCUT2D eigenvalue weighted by molar-refractivity contribution is 6.06. The Kier molecular flexibility index (Phi) is 7.15. The molecule has 0 aliphatic carbocycles. The minimum Gasteiger partial charge on any atom is -0.373 e. The summed E-state index contributed by atoms with van der Waals surface area (Å²) in [6.07, 6.45) is 2.32. The maximum atomic E-state index is 12.9. The van der Waals surface area contributed by atoms with Gasteiger partial charge in [0.2, 0.25) is 5.96 Å². The van der Waals surface area contributed by atoms with Crippen molar-refractivity contribution in [3.63, 3.8) is 0 Å². The van der Waals surface area contributed by atoms with E-state index in [2.05, 4.69) is 54.6 Å². The number of hydrogen-bond acceptors (Lipinski definition) is 7. The van der Waals surface area contributed by atoms with Crippen LogP contribution in [0.1, 0.15) is 44.4 Å². The average molecular weight is 438 g/mol. The van der Waals surface area contributed by atoms with Crippen LogP contribution in [0, 0.1) is 12.8 Å². The van der Waals surface area contributed by atoms with Gasteiger partial charge in [0.15, 0.2) is 0 Å². The molecule has 2 N–H and O–H groups in total. The molecule has 0 spiro atoms. The number of hydrazone groups is 1. The van der Waals surface area contributed by atoms with Gasteiger partial charge in [0.05, 0.1) is 25.0 Å². The molecule has 2 heterocycles. The van der Waals surface area contributed by atoms with E-state index in [0.717, 1.165) is 17.7 Å². The number of ether oxygens (including phenoxy) is 1. The number of guanidine groups is 1. The number of oxime groups is 1. The van der Waals surface area contributed by atoms with E-state index in [9.17, 15) is 4.79 Å². The van der Waals surface area contributed by atoms with Gasteiger partial charge in [0.25, 0.3) is 5.91 Å². The smallest absolute Gasteiger partial charge is 0.279 e. The van der Waals surface area contributed by atoms with Crippen molar-refractivity contribution in [3.8, 4) is 0 Å². The van der Waals surface area contributed by atoms with Gasteiger partial charge in [-0.15, -0.1) is 5.10 Å². The molecule has 170 valence electrons. The van der Waals surface area contributed by atoms with E-state index in [4.69, 9.17) is 15.3 Å². The molecule has 32 heavy (non-hydrogen) atoms. The van der Waals surface area contributed by atoms with Gasteiger partial charge in [-0.25, -0.2) is 5.01 Å². The van der Waals surface area contributed by atoms with E-state index in [1.807, 2.05) is 20.8 Å². The predicted octanol–water partition coefficient (Wildman–Crippen LogP) is 3.79. The van der Waals surface area contributed by atoms with Gasteiger partial charge in [-0.05, 0) is 45.3 Å². The normalized spacial score (nSPS) is 21.5. The second-order valence-corrected chi connectivity index (χ2v) is 8.25. The van der Waals surface area contributed by atoms with Crippen LogP contribution in [0.5, 0.6) is 0 Å². The topological polar surface area (TPSA) is 92.8 Å². The van der Waals surface area contributed by atoms with Gasteiger partial charge in [-0.2, -0.15) is 0 Å². The standard InChI is InChI=1S/C24H31N5O3/c1-7-29-22(15(2)3)23(30)28(24(25)26-29)13-17(5)32-27-18(6)20-12-21(31-14-20)19-10-8-16(4)9-11-19/h7-11,20-21H,1,5,12-14H2,2-4,6H3,(H2,25,26)/b27-18+/t20?,21-/m1/s1. The lowest BCUT2D eigenvalue weighted by Gasteiger charge is -2.31. The van der Waals surface area contributed by atoms with Gasteiger partial charge in [-0.3, -0.25) is 9.69 Å². The highest BCUT2D eigenvalue weighted by Crippen LogP contribution is 2.33. The number of nitrogens with zero attached hydrogens (tertiary/aromatic N) is 4. The molecule has 2 aliphatic rings. The molecular weight excluding hydrogens is 406 g/mol. The number of amides is 1. The van der Waals surface area contributed by atoms with Crippen LogP contribution < -0.4 is 5.73 Å². The molecular formula is C24H31N5O3. The van der Waals surface area contributed by atoms with Crippen LogP contribution in [0.15, 0.2) is 70.9 Å². The Balaban J connectivity index is 1.60. The quantitative estimate of drug-likeness (QED) is 0.303. The summed E-state index contributed by atoms with van der Waals surface area (Å²) in [5.41, 5.74) is 10.4. The average Bonchev–Trinajstić information content (AvgIpc) is 3.25. The number of hydrogen-bond donors (Lipinski definition) is 1. The van der Waals surface area contributed by atoms with Crippen molar-refractivity contribution in [2.75, 3.05) is 13.2 Å². The van der Waals surface area contributed by atoms with Gasteiger partial charge in [-0.1, -0.05) is 48.1 Å². The molecule has 3 rings (SSSR count). The van der Waals surface area contributed by atoms with Crippen molar-refractivity contribution in [1.82, 2.24) is 9.91 Å². The van der Waals surface area contributed by atoms with Crippen molar-refractivity contribution < 1.29 is 14.4 Å². The Bertz CT molecular complexity index is 989. The summed E-state index contributed by atoms with van der Waals surface area (Å²) in [5.74, 6) is 0.171. The fourth-order valence-corrected chi connectivity index (χ4v) is 3.62. The highest BCUT2D eigenvalue weighted by atomic mass is 16.6. The number of nitrogens with two attached hydrogens (primary N) is 1. The molecule has 8 nitrogen and oxygen atoms in total. The first-order valence-corrected chi connectivity index (χ1v) is 10.5. The summed E-state index contributed by atoms with van der Waals surface area (Å²) in [7, 11) is 0. The summed E-state index contributed by atoms with van der Waals surface area (Å²) >= 11 is 0. The summed E-state index contributed by atoms with van der Waals surface area (Å²) in [6, 6.07) is 8.38. The number of carbonyl (C=O) groups is 1. The van der Waals surface area contributed by atoms with E-state index in [-0.39, 0.29) is 36.2 Å². The molecule has 0 saturated carbocycles. The fourth-order valence-electron chi connectivity index (χ4n) is 3.62. The number of allylic oxidation sites excluding steroid dienone is 1. The summed E-state index contributed by atoms with van der Waals surface area (Å²) in [6.45, 7) is 15.8. The second-order valence-electron chi connectivity index (χ2n) is 8.25. The number of benzene rings is 1.